The number of hydrogen-bond acceptors (Lipinski definition) is 9. The SMILES string of the molecule is CS(=O)(=O)N[C@@H]1CCCC[C@@H]1Nc1cc2nc[nH]c(=O)c2c(Nc2ccc(N3CCOCC3)cc2)n1. The fourth-order valence-electron chi connectivity index (χ4n) is 4.88. The lowest BCUT2D eigenvalue weighted by atomic mass is 9.91. The van der Waals surface area contributed by atoms with Crippen LogP contribution in [0.3, 0.4) is 0 Å². The summed E-state index contributed by atoms with van der Waals surface area (Å²) in [6.07, 6.45) is 6.05. The standard InChI is InChI=1S/C24H31N7O4S/c1-36(33,34)30-19-5-3-2-4-18(19)28-21-14-20-22(24(32)26-15-25-20)23(29-21)27-16-6-8-17(9-7-16)31-10-12-35-13-11-31/h6-9,14-15,18-19,30H,2-5,10-13H2,1H3,(H,25,26,32)(H2,27,28,29)/t18-,19+/m0/s1. The molecule has 0 amide bonds. The van der Waals surface area contributed by atoms with Gasteiger partial charge in [0.05, 0.1) is 31.3 Å². The van der Waals surface area contributed by atoms with E-state index < -0.39 is 10.0 Å². The molecule has 12 heteroatoms. The largest absolute Gasteiger partial charge is 0.378 e. The van der Waals surface area contributed by atoms with Crippen molar-refractivity contribution in [2.24, 2.45) is 0 Å². The topological polar surface area (TPSA) is 141 Å². The summed E-state index contributed by atoms with van der Waals surface area (Å²) >= 11 is 0. The first-order chi connectivity index (χ1) is 17.4. The molecule has 3 heterocycles. The van der Waals surface area contributed by atoms with E-state index in [1.807, 2.05) is 24.3 Å². The van der Waals surface area contributed by atoms with Gasteiger partial charge in [0.15, 0.2) is 0 Å². The van der Waals surface area contributed by atoms with Crippen molar-refractivity contribution in [3.8, 4) is 0 Å². The first-order valence-corrected chi connectivity index (χ1v) is 14.1. The Bertz CT molecular complexity index is 1370. The van der Waals surface area contributed by atoms with Crippen LogP contribution >= 0.6 is 0 Å². The fraction of sp³-hybridized carbons (Fsp3) is 0.458. The highest BCUT2D eigenvalue weighted by Gasteiger charge is 2.28. The predicted molar refractivity (Wildman–Crippen MR) is 141 cm³/mol. The molecule has 0 bridgehead atoms. The van der Waals surface area contributed by atoms with Crippen molar-refractivity contribution in [2.75, 3.05) is 48.1 Å². The summed E-state index contributed by atoms with van der Waals surface area (Å²) < 4.78 is 31.9. The molecule has 2 aromatic heterocycles. The molecule has 3 aromatic rings. The average Bonchev–Trinajstić information content (AvgIpc) is 2.85. The van der Waals surface area contributed by atoms with Crippen LogP contribution in [0.25, 0.3) is 10.9 Å². The molecule has 1 saturated heterocycles. The molecule has 2 atom stereocenters. The summed E-state index contributed by atoms with van der Waals surface area (Å²) in [6, 6.07) is 9.34. The van der Waals surface area contributed by atoms with Crippen LogP contribution in [-0.4, -0.2) is 68.0 Å². The number of rotatable bonds is 7. The van der Waals surface area contributed by atoms with E-state index in [1.54, 1.807) is 6.07 Å². The number of hydrogen-bond donors (Lipinski definition) is 4. The van der Waals surface area contributed by atoms with Gasteiger partial charge in [-0.1, -0.05) is 12.8 Å². The third kappa shape index (κ3) is 5.77. The zero-order valence-electron chi connectivity index (χ0n) is 20.2. The molecular formula is C24H31N7O4S. The molecule has 4 N–H and O–H groups in total. The molecular weight excluding hydrogens is 482 g/mol. The van der Waals surface area contributed by atoms with Gasteiger partial charge >= 0.3 is 0 Å². The Morgan fingerprint density at radius 3 is 2.53 bits per heavy atom. The third-order valence-corrected chi connectivity index (χ3v) is 7.33. The van der Waals surface area contributed by atoms with E-state index in [9.17, 15) is 13.2 Å². The lowest BCUT2D eigenvalue weighted by Gasteiger charge is -2.32. The van der Waals surface area contributed by atoms with Crippen molar-refractivity contribution in [2.45, 2.75) is 37.8 Å². The van der Waals surface area contributed by atoms with Crippen LogP contribution in [0.15, 0.2) is 41.5 Å². The first kappa shape index (κ1) is 24.5. The Hall–Kier alpha value is -3.22. The second-order valence-electron chi connectivity index (χ2n) is 9.28. The van der Waals surface area contributed by atoms with Crippen molar-refractivity contribution < 1.29 is 13.2 Å². The van der Waals surface area contributed by atoms with Crippen molar-refractivity contribution in [1.29, 1.82) is 0 Å². The molecule has 2 fully saturated rings. The number of morpholine rings is 1. The molecule has 2 aliphatic rings. The summed E-state index contributed by atoms with van der Waals surface area (Å²) in [6.45, 7) is 3.13. The Balaban J connectivity index is 1.42. The second-order valence-corrected chi connectivity index (χ2v) is 11.1. The second kappa shape index (κ2) is 10.4. The van der Waals surface area contributed by atoms with Crippen molar-refractivity contribution in [1.82, 2.24) is 19.7 Å². The number of ether oxygens (including phenoxy) is 1. The van der Waals surface area contributed by atoms with Gasteiger partial charge in [-0.05, 0) is 37.1 Å². The van der Waals surface area contributed by atoms with E-state index >= 15 is 0 Å². The van der Waals surface area contributed by atoms with Crippen molar-refractivity contribution in [3.63, 3.8) is 0 Å². The van der Waals surface area contributed by atoms with E-state index in [1.165, 1.54) is 12.6 Å². The summed E-state index contributed by atoms with van der Waals surface area (Å²) in [5.74, 6) is 0.909. The number of benzene rings is 1. The van der Waals surface area contributed by atoms with E-state index in [2.05, 4.69) is 30.2 Å². The highest BCUT2D eigenvalue weighted by molar-refractivity contribution is 7.88. The molecule has 1 aliphatic carbocycles. The van der Waals surface area contributed by atoms with Crippen molar-refractivity contribution in [3.05, 3.63) is 47.0 Å². The van der Waals surface area contributed by atoms with E-state index in [4.69, 9.17) is 9.72 Å². The Labute approximate surface area is 209 Å². The molecule has 192 valence electrons. The minimum Gasteiger partial charge on any atom is -0.378 e. The first-order valence-electron chi connectivity index (χ1n) is 12.2. The Morgan fingerprint density at radius 2 is 1.81 bits per heavy atom. The average molecular weight is 514 g/mol. The lowest BCUT2D eigenvalue weighted by molar-refractivity contribution is 0.122. The van der Waals surface area contributed by atoms with Gasteiger partial charge in [0.25, 0.3) is 5.56 Å². The molecule has 36 heavy (non-hydrogen) atoms. The number of anilines is 4. The highest BCUT2D eigenvalue weighted by Crippen LogP contribution is 2.28. The number of pyridine rings is 1. The molecule has 0 unspecified atom stereocenters. The maximum Gasteiger partial charge on any atom is 0.262 e. The lowest BCUT2D eigenvalue weighted by Crippen LogP contribution is -2.48. The van der Waals surface area contributed by atoms with Gasteiger partial charge in [-0.25, -0.2) is 23.1 Å². The normalized spacial score (nSPS) is 20.9. The van der Waals surface area contributed by atoms with Crippen LogP contribution in [0.4, 0.5) is 23.0 Å². The predicted octanol–water partition coefficient (Wildman–Crippen LogP) is 2.17. The summed E-state index contributed by atoms with van der Waals surface area (Å²) in [4.78, 5) is 26.6. The zero-order valence-corrected chi connectivity index (χ0v) is 21.0. The maximum absolute atomic E-state index is 12.7. The van der Waals surface area contributed by atoms with Crippen LogP contribution in [0.5, 0.6) is 0 Å². The summed E-state index contributed by atoms with van der Waals surface area (Å²) in [5.41, 5.74) is 2.10. The van der Waals surface area contributed by atoms with E-state index in [-0.39, 0.29) is 17.6 Å². The maximum atomic E-state index is 12.7. The fourth-order valence-corrected chi connectivity index (χ4v) is 5.71. The van der Waals surface area contributed by atoms with Crippen LogP contribution in [0.2, 0.25) is 0 Å². The zero-order chi connectivity index (χ0) is 25.1. The molecule has 11 nitrogen and oxygen atoms in total. The number of sulfonamides is 1. The van der Waals surface area contributed by atoms with E-state index in [0.717, 1.165) is 50.1 Å². The number of nitrogens with one attached hydrogen (secondary N) is 4. The molecule has 0 spiro atoms. The Kier molecular flexibility index (Phi) is 7.08. The smallest absolute Gasteiger partial charge is 0.262 e. The van der Waals surface area contributed by atoms with Gasteiger partial charge < -0.3 is 25.3 Å². The van der Waals surface area contributed by atoms with Gasteiger partial charge in [0, 0.05) is 42.6 Å². The van der Waals surface area contributed by atoms with Crippen LogP contribution < -0.4 is 25.8 Å². The van der Waals surface area contributed by atoms with Gasteiger partial charge in [0.1, 0.15) is 17.0 Å². The Morgan fingerprint density at radius 1 is 1.08 bits per heavy atom. The minimum atomic E-state index is -3.34. The number of nitrogens with zero attached hydrogens (tertiary/aromatic N) is 3. The molecule has 1 saturated carbocycles. The molecule has 1 aromatic carbocycles. The summed E-state index contributed by atoms with van der Waals surface area (Å²) in [7, 11) is -3.34. The van der Waals surface area contributed by atoms with Gasteiger partial charge in [-0.3, -0.25) is 4.79 Å². The monoisotopic (exact) mass is 513 g/mol. The van der Waals surface area contributed by atoms with Crippen LogP contribution in [-0.2, 0) is 14.8 Å². The number of aromatic amines is 1. The van der Waals surface area contributed by atoms with Crippen LogP contribution in [0.1, 0.15) is 25.7 Å². The quantitative estimate of drug-likeness (QED) is 0.374. The minimum absolute atomic E-state index is 0.124. The van der Waals surface area contributed by atoms with Gasteiger partial charge in [-0.2, -0.15) is 0 Å². The number of H-pyrrole nitrogens is 1. The third-order valence-electron chi connectivity index (χ3n) is 6.60. The molecule has 1 aliphatic heterocycles. The number of fused-ring (bicyclic) bond motifs is 1. The van der Waals surface area contributed by atoms with Gasteiger partial charge in [-0.15, -0.1) is 0 Å². The number of aromatic nitrogens is 3. The molecule has 5 rings (SSSR count). The van der Waals surface area contributed by atoms with E-state index in [0.29, 0.717) is 35.8 Å². The van der Waals surface area contributed by atoms with Crippen LogP contribution in [0, 0.1) is 0 Å². The van der Waals surface area contributed by atoms with Gasteiger partial charge in [0.2, 0.25) is 10.0 Å². The summed E-state index contributed by atoms with van der Waals surface area (Å²) in [5, 5.41) is 7.03. The van der Waals surface area contributed by atoms with Crippen molar-refractivity contribution >= 4 is 43.9 Å². The highest BCUT2D eigenvalue weighted by atomic mass is 32.2. The molecule has 0 radical (unpaired) electrons.